The van der Waals surface area contributed by atoms with Gasteiger partial charge in [-0.25, -0.2) is 4.39 Å². The zero-order valence-electron chi connectivity index (χ0n) is 18.2. The maximum Gasteiger partial charge on any atom is 0.255 e. The number of anilines is 2. The number of amides is 2. The number of hydrogen-bond acceptors (Lipinski definition) is 3. The third kappa shape index (κ3) is 6.29. The van der Waals surface area contributed by atoms with Crippen LogP contribution in [0.3, 0.4) is 0 Å². The molecule has 5 nitrogen and oxygen atoms in total. The summed E-state index contributed by atoms with van der Waals surface area (Å²) in [5.41, 5.74) is 2.12. The van der Waals surface area contributed by atoms with Gasteiger partial charge >= 0.3 is 0 Å². The first-order chi connectivity index (χ1) is 16.9. The van der Waals surface area contributed by atoms with Gasteiger partial charge in [0.25, 0.3) is 5.91 Å². The Morgan fingerprint density at radius 2 is 1.60 bits per heavy atom. The van der Waals surface area contributed by atoms with Crippen LogP contribution in [0.1, 0.15) is 15.9 Å². The number of halogens is 2. The molecular weight excluding hydrogens is 485 g/mol. The lowest BCUT2D eigenvalue weighted by molar-refractivity contribution is -0.115. The van der Waals surface area contributed by atoms with E-state index in [9.17, 15) is 14.0 Å². The van der Waals surface area contributed by atoms with Crippen LogP contribution in [0.4, 0.5) is 15.8 Å². The van der Waals surface area contributed by atoms with E-state index in [1.54, 1.807) is 30.3 Å². The van der Waals surface area contributed by atoms with Gasteiger partial charge in [-0.1, -0.05) is 60.1 Å². The van der Waals surface area contributed by atoms with Crippen LogP contribution in [0, 0.1) is 5.82 Å². The second-order valence-electron chi connectivity index (χ2n) is 7.51. The molecule has 4 aromatic carbocycles. The van der Waals surface area contributed by atoms with Crippen molar-refractivity contribution in [3.05, 3.63) is 113 Å². The molecule has 0 atom stereocenters. The highest BCUT2D eigenvalue weighted by Crippen LogP contribution is 2.21. The molecule has 4 rings (SSSR count). The monoisotopic (exact) mass is 503 g/mol. The van der Waals surface area contributed by atoms with Crippen molar-refractivity contribution in [3.63, 3.8) is 0 Å². The molecular formula is C27H19ClFN3O2S. The van der Waals surface area contributed by atoms with Gasteiger partial charge in [-0.15, -0.1) is 0 Å². The fourth-order valence-electron chi connectivity index (χ4n) is 3.39. The molecule has 0 heterocycles. The number of hydrogen-bond donors (Lipinski definition) is 3. The Bertz CT molecular complexity index is 1470. The number of benzene rings is 4. The second-order valence-corrected chi connectivity index (χ2v) is 8.32. The molecule has 0 saturated heterocycles. The van der Waals surface area contributed by atoms with Crippen molar-refractivity contribution in [2.45, 2.75) is 0 Å². The summed E-state index contributed by atoms with van der Waals surface area (Å²) < 4.78 is 13.3. The van der Waals surface area contributed by atoms with E-state index in [-0.39, 0.29) is 10.1 Å². The highest BCUT2D eigenvalue weighted by molar-refractivity contribution is 7.80. The van der Waals surface area contributed by atoms with E-state index in [0.29, 0.717) is 16.9 Å². The zero-order valence-corrected chi connectivity index (χ0v) is 19.8. The summed E-state index contributed by atoms with van der Waals surface area (Å²) in [6, 6.07) is 24.2. The van der Waals surface area contributed by atoms with Crippen LogP contribution in [0.2, 0.25) is 5.02 Å². The molecule has 0 aliphatic heterocycles. The molecule has 8 heteroatoms. The van der Waals surface area contributed by atoms with Crippen molar-refractivity contribution in [1.29, 1.82) is 0 Å². The van der Waals surface area contributed by atoms with Crippen molar-refractivity contribution in [3.8, 4) is 0 Å². The van der Waals surface area contributed by atoms with E-state index in [2.05, 4.69) is 16.0 Å². The van der Waals surface area contributed by atoms with E-state index in [0.717, 1.165) is 16.3 Å². The van der Waals surface area contributed by atoms with Crippen molar-refractivity contribution in [1.82, 2.24) is 5.32 Å². The van der Waals surface area contributed by atoms with E-state index in [1.807, 2.05) is 42.5 Å². The largest absolute Gasteiger partial charge is 0.332 e. The smallest absolute Gasteiger partial charge is 0.255 e. The second kappa shape index (κ2) is 10.9. The topological polar surface area (TPSA) is 70.2 Å². The van der Waals surface area contributed by atoms with Crippen LogP contribution >= 0.6 is 23.8 Å². The predicted octanol–water partition coefficient (Wildman–Crippen LogP) is 6.41. The summed E-state index contributed by atoms with van der Waals surface area (Å²) in [6.45, 7) is 0. The Balaban J connectivity index is 1.37. The Morgan fingerprint density at radius 1 is 0.857 bits per heavy atom. The van der Waals surface area contributed by atoms with Gasteiger partial charge in [-0.05, 0) is 71.0 Å². The van der Waals surface area contributed by atoms with Crippen LogP contribution in [-0.2, 0) is 4.79 Å². The minimum atomic E-state index is -0.571. The SMILES string of the molecule is O=C(/C=C/c1cccc2ccccc12)NC(=S)Nc1cccc(C(=O)Nc2ccc(F)c(Cl)c2)c1. The average molecular weight is 504 g/mol. The van der Waals surface area contributed by atoms with E-state index < -0.39 is 17.6 Å². The number of rotatable bonds is 5. The van der Waals surface area contributed by atoms with Gasteiger partial charge in [0.1, 0.15) is 5.82 Å². The van der Waals surface area contributed by atoms with Gasteiger partial charge < -0.3 is 10.6 Å². The molecule has 0 unspecified atom stereocenters. The summed E-state index contributed by atoms with van der Waals surface area (Å²) in [5, 5.41) is 10.3. The van der Waals surface area contributed by atoms with Gasteiger partial charge in [0, 0.05) is 23.0 Å². The summed E-state index contributed by atoms with van der Waals surface area (Å²) >= 11 is 11.0. The number of fused-ring (bicyclic) bond motifs is 1. The summed E-state index contributed by atoms with van der Waals surface area (Å²) in [5.74, 6) is -1.37. The molecule has 3 N–H and O–H groups in total. The van der Waals surface area contributed by atoms with Crippen molar-refractivity contribution in [2.75, 3.05) is 10.6 Å². The molecule has 0 radical (unpaired) electrons. The van der Waals surface area contributed by atoms with Crippen molar-refractivity contribution >= 4 is 69.0 Å². The maximum absolute atomic E-state index is 13.3. The molecule has 2 amide bonds. The zero-order chi connectivity index (χ0) is 24.8. The van der Waals surface area contributed by atoms with Gasteiger partial charge in [0.05, 0.1) is 5.02 Å². The molecule has 0 spiro atoms. The minimum absolute atomic E-state index is 0.0837. The molecule has 174 valence electrons. The summed E-state index contributed by atoms with van der Waals surface area (Å²) in [4.78, 5) is 24.9. The Labute approximate surface area is 211 Å². The van der Waals surface area contributed by atoms with Crippen LogP contribution in [0.15, 0.2) is 91.0 Å². The van der Waals surface area contributed by atoms with E-state index >= 15 is 0 Å². The molecule has 0 fully saturated rings. The fraction of sp³-hybridized carbons (Fsp3) is 0. The van der Waals surface area contributed by atoms with Crippen LogP contribution in [0.5, 0.6) is 0 Å². The average Bonchev–Trinajstić information content (AvgIpc) is 2.85. The van der Waals surface area contributed by atoms with E-state index in [4.69, 9.17) is 23.8 Å². The normalized spacial score (nSPS) is 10.8. The van der Waals surface area contributed by atoms with Gasteiger partial charge in [-0.3, -0.25) is 14.9 Å². The first-order valence-corrected chi connectivity index (χ1v) is 11.3. The minimum Gasteiger partial charge on any atom is -0.332 e. The molecule has 4 aromatic rings. The maximum atomic E-state index is 13.3. The summed E-state index contributed by atoms with van der Waals surface area (Å²) in [7, 11) is 0. The highest BCUT2D eigenvalue weighted by Gasteiger charge is 2.10. The molecule has 0 aliphatic carbocycles. The van der Waals surface area contributed by atoms with Crippen molar-refractivity contribution < 1.29 is 14.0 Å². The van der Waals surface area contributed by atoms with Crippen LogP contribution in [-0.4, -0.2) is 16.9 Å². The third-order valence-corrected chi connectivity index (χ3v) is 5.53. The third-order valence-electron chi connectivity index (χ3n) is 5.03. The fourth-order valence-corrected chi connectivity index (χ4v) is 3.79. The van der Waals surface area contributed by atoms with E-state index in [1.165, 1.54) is 24.3 Å². The Kier molecular flexibility index (Phi) is 7.50. The molecule has 0 aromatic heterocycles. The predicted molar refractivity (Wildman–Crippen MR) is 143 cm³/mol. The summed E-state index contributed by atoms with van der Waals surface area (Å²) in [6.07, 6.45) is 3.14. The van der Waals surface area contributed by atoms with Gasteiger partial charge in [0.15, 0.2) is 5.11 Å². The highest BCUT2D eigenvalue weighted by atomic mass is 35.5. The lowest BCUT2D eigenvalue weighted by Gasteiger charge is -2.10. The Hall–Kier alpha value is -4.07. The standard InChI is InChI=1S/C27H19ClFN3O2S/c28-23-16-21(12-13-24(23)29)30-26(34)19-8-4-9-20(15-19)31-27(35)32-25(33)14-11-18-7-3-6-17-5-1-2-10-22(17)18/h1-16H,(H,30,34)(H2,31,32,33,35)/b14-11+. The van der Waals surface area contributed by atoms with Crippen LogP contribution in [0.25, 0.3) is 16.8 Å². The first kappa shape index (κ1) is 24.1. The van der Waals surface area contributed by atoms with Gasteiger partial charge in [0.2, 0.25) is 5.91 Å². The number of carbonyl (C=O) groups is 2. The lowest BCUT2D eigenvalue weighted by atomic mass is 10.0. The first-order valence-electron chi connectivity index (χ1n) is 10.5. The van der Waals surface area contributed by atoms with Crippen LogP contribution < -0.4 is 16.0 Å². The lowest BCUT2D eigenvalue weighted by Crippen LogP contribution is -2.32. The number of carbonyl (C=O) groups excluding carboxylic acids is 2. The molecule has 0 aliphatic rings. The molecule has 0 bridgehead atoms. The van der Waals surface area contributed by atoms with Crippen molar-refractivity contribution in [2.24, 2.45) is 0 Å². The molecule has 0 saturated carbocycles. The number of nitrogens with one attached hydrogen (secondary N) is 3. The van der Waals surface area contributed by atoms with Gasteiger partial charge in [-0.2, -0.15) is 0 Å². The number of thiocarbonyl (C=S) groups is 1. The molecule has 35 heavy (non-hydrogen) atoms. The quantitative estimate of drug-likeness (QED) is 0.217. The Morgan fingerprint density at radius 3 is 2.43 bits per heavy atom.